The molecule has 166 valence electrons. The second kappa shape index (κ2) is 16.5. The number of rotatable bonds is 19. The Balaban J connectivity index is 3.60. The van der Waals surface area contributed by atoms with Crippen LogP contribution in [0.5, 0.6) is 0 Å². The fourth-order valence-corrected chi connectivity index (χ4v) is 5.26. The highest BCUT2D eigenvalue weighted by molar-refractivity contribution is 7.38. The molecule has 3 nitrogen and oxygen atoms in total. The summed E-state index contributed by atoms with van der Waals surface area (Å²) in [5.74, 6) is 0. The lowest BCUT2D eigenvalue weighted by molar-refractivity contribution is -0.910. The van der Waals surface area contributed by atoms with Crippen molar-refractivity contribution in [1.29, 1.82) is 0 Å². The average molecular weight is 415 g/mol. The molecule has 0 aromatic rings. The van der Waals surface area contributed by atoms with E-state index in [2.05, 4.69) is 19.1 Å². The molecular formula is C24H49NO2P+. The van der Waals surface area contributed by atoms with Crippen molar-refractivity contribution in [3.8, 4) is 0 Å². The summed E-state index contributed by atoms with van der Waals surface area (Å²) in [5, 5.41) is -0.596. The maximum Gasteiger partial charge on any atom is 0.376 e. The molecular weight excluding hydrogens is 365 g/mol. The van der Waals surface area contributed by atoms with Crippen LogP contribution >= 0.6 is 8.03 Å². The van der Waals surface area contributed by atoms with Crippen LogP contribution in [0.15, 0.2) is 12.2 Å². The molecule has 2 atom stereocenters. The zero-order valence-corrected chi connectivity index (χ0v) is 20.6. The van der Waals surface area contributed by atoms with Gasteiger partial charge in [0.15, 0.2) is 0 Å². The molecule has 0 heterocycles. The van der Waals surface area contributed by atoms with Gasteiger partial charge in [-0.25, -0.2) is 0 Å². The molecule has 0 N–H and O–H groups in total. The SMILES string of the molecule is CCC=CCCCCCCCCCCCCCCC(CC)([P+](=O)[O-])[N+](C)(C)C. The Kier molecular flexibility index (Phi) is 16.4. The predicted molar refractivity (Wildman–Crippen MR) is 123 cm³/mol. The van der Waals surface area contributed by atoms with Gasteiger partial charge in [0.05, 0.1) is 21.1 Å². The quantitative estimate of drug-likeness (QED) is 0.0960. The summed E-state index contributed by atoms with van der Waals surface area (Å²) in [7, 11) is 3.63. The average Bonchev–Trinajstić information content (AvgIpc) is 2.63. The summed E-state index contributed by atoms with van der Waals surface area (Å²) >= 11 is 0. The predicted octanol–water partition coefficient (Wildman–Crippen LogP) is 7.33. The largest absolute Gasteiger partial charge is 0.590 e. The molecule has 0 aromatic carbocycles. The summed E-state index contributed by atoms with van der Waals surface area (Å²) in [4.78, 5) is 11.9. The Labute approximate surface area is 177 Å². The summed E-state index contributed by atoms with van der Waals surface area (Å²) < 4.78 is 12.4. The van der Waals surface area contributed by atoms with Gasteiger partial charge in [-0.3, -0.25) is 4.48 Å². The highest BCUT2D eigenvalue weighted by atomic mass is 31.1. The molecule has 0 rings (SSSR count). The van der Waals surface area contributed by atoms with Crippen molar-refractivity contribution >= 4 is 8.03 Å². The maximum atomic E-state index is 11.9. The summed E-state index contributed by atoms with van der Waals surface area (Å²) in [6, 6.07) is 0. The van der Waals surface area contributed by atoms with E-state index in [1.54, 1.807) is 0 Å². The van der Waals surface area contributed by atoms with E-state index >= 15 is 0 Å². The van der Waals surface area contributed by atoms with Crippen LogP contribution < -0.4 is 4.89 Å². The number of hydrogen-bond donors (Lipinski definition) is 0. The first-order valence-corrected chi connectivity index (χ1v) is 13.1. The molecule has 4 heteroatoms. The molecule has 0 aliphatic carbocycles. The van der Waals surface area contributed by atoms with Crippen LogP contribution in [0, 0.1) is 0 Å². The van der Waals surface area contributed by atoms with Crippen molar-refractivity contribution in [2.45, 2.75) is 122 Å². The van der Waals surface area contributed by atoms with E-state index in [0.29, 0.717) is 10.9 Å². The fourth-order valence-electron chi connectivity index (χ4n) is 4.17. The van der Waals surface area contributed by atoms with Gasteiger partial charge in [-0.15, -0.1) is 0 Å². The van der Waals surface area contributed by atoms with E-state index in [9.17, 15) is 9.46 Å². The van der Waals surface area contributed by atoms with Crippen molar-refractivity contribution in [3.05, 3.63) is 12.2 Å². The maximum absolute atomic E-state index is 11.9. The Bertz CT molecular complexity index is 417. The number of allylic oxidation sites excluding steroid dienone is 2. The van der Waals surface area contributed by atoms with E-state index < -0.39 is 13.3 Å². The lowest BCUT2D eigenvalue weighted by atomic mass is 10.0. The van der Waals surface area contributed by atoms with Crippen LogP contribution in [-0.4, -0.2) is 30.9 Å². The van der Waals surface area contributed by atoms with Gasteiger partial charge in [0.25, 0.3) is 5.28 Å². The molecule has 0 amide bonds. The van der Waals surface area contributed by atoms with Crippen molar-refractivity contribution in [1.82, 2.24) is 0 Å². The number of quaternary nitrogens is 1. The third-order valence-electron chi connectivity index (χ3n) is 6.26. The monoisotopic (exact) mass is 414 g/mol. The van der Waals surface area contributed by atoms with Crippen molar-refractivity contribution < 1.29 is 13.9 Å². The highest BCUT2D eigenvalue weighted by Gasteiger charge is 2.52. The molecule has 0 aliphatic heterocycles. The second-order valence-corrected chi connectivity index (χ2v) is 10.6. The first kappa shape index (κ1) is 27.8. The molecule has 0 fully saturated rings. The molecule has 0 aromatic heterocycles. The standard InChI is InChI=1S/C24H49NO2P/c1-6-8-9-10-11-12-13-14-15-16-17-18-19-20-21-22-23-24(7-2,28(26)27)25(3,4)5/h8-9H,6-7,10-23H2,1-5H3/q+1. The Hall–Kier alpha value is -0.240. The summed E-state index contributed by atoms with van der Waals surface area (Å²) in [5.41, 5.74) is 0. The summed E-state index contributed by atoms with van der Waals surface area (Å²) in [6.07, 6.45) is 24.3. The van der Waals surface area contributed by atoms with E-state index in [-0.39, 0.29) is 0 Å². The lowest BCUT2D eigenvalue weighted by Crippen LogP contribution is -2.55. The van der Waals surface area contributed by atoms with Crippen LogP contribution in [0.4, 0.5) is 0 Å². The third kappa shape index (κ3) is 11.7. The van der Waals surface area contributed by atoms with Gasteiger partial charge in [0.2, 0.25) is 0 Å². The summed E-state index contributed by atoms with van der Waals surface area (Å²) in [6.45, 7) is 4.20. The van der Waals surface area contributed by atoms with Crippen LogP contribution in [0.25, 0.3) is 0 Å². The van der Waals surface area contributed by atoms with Crippen molar-refractivity contribution in [2.24, 2.45) is 0 Å². The van der Waals surface area contributed by atoms with Crippen molar-refractivity contribution in [3.63, 3.8) is 0 Å². The minimum atomic E-state index is -2.41. The Morgan fingerprint density at radius 2 is 1.18 bits per heavy atom. The Morgan fingerprint density at radius 1 is 0.750 bits per heavy atom. The normalized spacial score (nSPS) is 15.1. The van der Waals surface area contributed by atoms with Gasteiger partial charge in [0.1, 0.15) is 0 Å². The second-order valence-electron chi connectivity index (χ2n) is 9.27. The number of unbranched alkanes of at least 4 members (excludes halogenated alkanes) is 12. The van der Waals surface area contributed by atoms with Crippen LogP contribution in [0.1, 0.15) is 117 Å². The van der Waals surface area contributed by atoms with E-state index in [0.717, 1.165) is 25.7 Å². The zero-order valence-electron chi connectivity index (χ0n) is 19.7. The number of hydrogen-bond acceptors (Lipinski definition) is 2. The van der Waals surface area contributed by atoms with Crippen molar-refractivity contribution in [2.75, 3.05) is 21.1 Å². The van der Waals surface area contributed by atoms with Gasteiger partial charge >= 0.3 is 8.03 Å². The molecule has 0 bridgehead atoms. The van der Waals surface area contributed by atoms with Gasteiger partial charge in [-0.2, -0.15) is 0 Å². The minimum Gasteiger partial charge on any atom is -0.590 e. The van der Waals surface area contributed by atoms with Crippen LogP contribution in [0.2, 0.25) is 0 Å². The van der Waals surface area contributed by atoms with Gasteiger partial charge < -0.3 is 4.89 Å². The lowest BCUT2D eigenvalue weighted by Gasteiger charge is -2.39. The van der Waals surface area contributed by atoms with E-state index in [1.165, 1.54) is 70.6 Å². The number of nitrogens with zero attached hydrogens (tertiary/aromatic N) is 1. The molecule has 2 unspecified atom stereocenters. The first-order chi connectivity index (χ1) is 13.3. The molecule has 0 radical (unpaired) electrons. The third-order valence-corrected chi connectivity index (χ3v) is 8.07. The van der Waals surface area contributed by atoms with Crippen LogP contribution in [-0.2, 0) is 4.57 Å². The molecule has 0 saturated carbocycles. The first-order valence-electron chi connectivity index (χ1n) is 11.9. The molecule has 0 aliphatic rings. The van der Waals surface area contributed by atoms with Gasteiger partial charge in [-0.1, -0.05) is 94.8 Å². The van der Waals surface area contributed by atoms with E-state index in [1.807, 2.05) is 28.1 Å². The highest BCUT2D eigenvalue weighted by Crippen LogP contribution is 2.44. The molecule has 28 heavy (non-hydrogen) atoms. The van der Waals surface area contributed by atoms with Gasteiger partial charge in [-0.05, 0) is 25.7 Å². The molecule has 0 spiro atoms. The molecule has 0 saturated heterocycles. The van der Waals surface area contributed by atoms with E-state index in [4.69, 9.17) is 0 Å². The van der Waals surface area contributed by atoms with Gasteiger partial charge in [0, 0.05) is 12.8 Å². The van der Waals surface area contributed by atoms with Crippen LogP contribution in [0.3, 0.4) is 0 Å². The topological polar surface area (TPSA) is 40.1 Å². The fraction of sp³-hybridized carbons (Fsp3) is 0.917. The minimum absolute atomic E-state index is 0.512. The zero-order chi connectivity index (χ0) is 21.3. The Morgan fingerprint density at radius 3 is 1.54 bits per heavy atom. The smallest absolute Gasteiger partial charge is 0.376 e.